The van der Waals surface area contributed by atoms with E-state index in [4.69, 9.17) is 9.47 Å². The van der Waals surface area contributed by atoms with Crippen molar-refractivity contribution in [2.45, 2.75) is 44.6 Å². The highest BCUT2D eigenvalue weighted by Gasteiger charge is 2.42. The summed E-state index contributed by atoms with van der Waals surface area (Å²) in [7, 11) is 0. The molecule has 0 saturated carbocycles. The lowest BCUT2D eigenvalue weighted by molar-refractivity contribution is -0.0242. The monoisotopic (exact) mass is 486 g/mol. The van der Waals surface area contributed by atoms with Gasteiger partial charge in [-0.05, 0) is 64.8 Å². The summed E-state index contributed by atoms with van der Waals surface area (Å²) in [5.74, 6) is -0.214. The van der Waals surface area contributed by atoms with E-state index in [1.807, 2.05) is 18.2 Å². The topological polar surface area (TPSA) is 55.8 Å². The van der Waals surface area contributed by atoms with E-state index in [1.165, 1.54) is 0 Å². The molecule has 4 nitrogen and oxygen atoms in total. The quantitative estimate of drug-likeness (QED) is 0.437. The molecule has 140 valence electrons. The van der Waals surface area contributed by atoms with E-state index in [9.17, 15) is 9.90 Å². The SMILES string of the molecule is CCCC(C)c1ccc(O)c(C(=O)OC2(c3ccc(I)s3)CCOC2)c1. The highest BCUT2D eigenvalue weighted by Crippen LogP contribution is 2.40. The van der Waals surface area contributed by atoms with E-state index < -0.39 is 11.6 Å². The first-order chi connectivity index (χ1) is 12.4. The molecule has 1 saturated heterocycles. The molecule has 3 rings (SSSR count). The summed E-state index contributed by atoms with van der Waals surface area (Å²) in [6.07, 6.45) is 2.73. The Labute approximate surface area is 171 Å². The molecule has 26 heavy (non-hydrogen) atoms. The summed E-state index contributed by atoms with van der Waals surface area (Å²) in [6.45, 7) is 5.17. The second kappa shape index (κ2) is 8.27. The number of phenols is 1. The van der Waals surface area contributed by atoms with Crippen molar-refractivity contribution >= 4 is 39.9 Å². The average Bonchev–Trinajstić information content (AvgIpc) is 3.25. The Hall–Kier alpha value is -1.12. The Morgan fingerprint density at radius 1 is 1.42 bits per heavy atom. The standard InChI is InChI=1S/C20H23IO4S/c1-3-4-13(2)14-5-6-16(22)15(11-14)19(23)25-20(9-10-24-12-20)17-7-8-18(21)26-17/h5-8,11,13,22H,3-4,9-10,12H2,1-2H3. The van der Waals surface area contributed by atoms with Crippen LogP contribution < -0.4 is 0 Å². The van der Waals surface area contributed by atoms with E-state index in [0.29, 0.717) is 25.6 Å². The fourth-order valence-electron chi connectivity index (χ4n) is 3.29. The molecule has 0 amide bonds. The number of ether oxygens (including phenoxy) is 2. The third-order valence-corrected chi connectivity index (χ3v) is 6.91. The molecular weight excluding hydrogens is 463 g/mol. The van der Waals surface area contributed by atoms with E-state index in [0.717, 1.165) is 26.2 Å². The summed E-state index contributed by atoms with van der Waals surface area (Å²) < 4.78 is 12.6. The zero-order valence-corrected chi connectivity index (χ0v) is 17.9. The number of benzene rings is 1. The van der Waals surface area contributed by atoms with Crippen LogP contribution in [0.15, 0.2) is 30.3 Å². The maximum absolute atomic E-state index is 12.9. The fraction of sp³-hybridized carbons (Fsp3) is 0.450. The predicted molar refractivity (Wildman–Crippen MR) is 111 cm³/mol. The number of hydrogen-bond donors (Lipinski definition) is 1. The van der Waals surface area contributed by atoms with E-state index >= 15 is 0 Å². The van der Waals surface area contributed by atoms with Crippen LogP contribution in [0.1, 0.15) is 59.8 Å². The van der Waals surface area contributed by atoms with Gasteiger partial charge >= 0.3 is 5.97 Å². The van der Waals surface area contributed by atoms with Crippen molar-refractivity contribution in [2.75, 3.05) is 13.2 Å². The minimum atomic E-state index is -0.761. The largest absolute Gasteiger partial charge is 0.507 e. The van der Waals surface area contributed by atoms with Crippen LogP contribution in [-0.2, 0) is 15.1 Å². The van der Waals surface area contributed by atoms with Gasteiger partial charge in [0.25, 0.3) is 0 Å². The molecule has 1 fully saturated rings. The molecule has 0 bridgehead atoms. The van der Waals surface area contributed by atoms with Crippen LogP contribution in [0.25, 0.3) is 0 Å². The van der Waals surface area contributed by atoms with E-state index in [1.54, 1.807) is 23.5 Å². The third-order valence-electron chi connectivity index (χ3n) is 4.83. The Balaban J connectivity index is 1.87. The van der Waals surface area contributed by atoms with Crippen molar-refractivity contribution < 1.29 is 19.4 Å². The van der Waals surface area contributed by atoms with Crippen LogP contribution >= 0.6 is 33.9 Å². The Kier molecular flexibility index (Phi) is 6.25. The highest BCUT2D eigenvalue weighted by molar-refractivity contribution is 14.1. The molecule has 1 N–H and O–H groups in total. The van der Waals surface area contributed by atoms with Gasteiger partial charge in [-0.25, -0.2) is 4.79 Å². The van der Waals surface area contributed by atoms with Gasteiger partial charge in [0.05, 0.1) is 21.0 Å². The second-order valence-electron chi connectivity index (χ2n) is 6.76. The molecule has 1 aliphatic heterocycles. The number of thiophene rings is 1. The Morgan fingerprint density at radius 2 is 2.23 bits per heavy atom. The van der Waals surface area contributed by atoms with Gasteiger partial charge in [-0.1, -0.05) is 26.3 Å². The summed E-state index contributed by atoms with van der Waals surface area (Å²) in [4.78, 5) is 13.9. The van der Waals surface area contributed by atoms with Gasteiger partial charge in [-0.15, -0.1) is 11.3 Å². The zero-order valence-electron chi connectivity index (χ0n) is 15.0. The van der Waals surface area contributed by atoms with Crippen molar-refractivity contribution in [3.8, 4) is 5.75 Å². The minimum Gasteiger partial charge on any atom is -0.507 e. The lowest BCUT2D eigenvalue weighted by Gasteiger charge is -2.26. The van der Waals surface area contributed by atoms with Crippen molar-refractivity contribution in [1.29, 1.82) is 0 Å². The molecule has 2 aromatic rings. The normalized spacial score (nSPS) is 20.9. The molecule has 0 spiro atoms. The van der Waals surface area contributed by atoms with E-state index in [2.05, 4.69) is 36.4 Å². The molecule has 2 atom stereocenters. The van der Waals surface area contributed by atoms with Gasteiger partial charge in [-0.3, -0.25) is 0 Å². The maximum Gasteiger partial charge on any atom is 0.342 e. The molecule has 0 radical (unpaired) electrons. The molecular formula is C20H23IO4S. The van der Waals surface area contributed by atoms with Crippen molar-refractivity contribution in [2.24, 2.45) is 0 Å². The van der Waals surface area contributed by atoms with Crippen LogP contribution in [0, 0.1) is 2.88 Å². The predicted octanol–water partition coefficient (Wildman–Crippen LogP) is 5.43. The first kappa shape index (κ1) is 19.6. The number of carbonyl (C=O) groups is 1. The Bertz CT molecular complexity index is 780. The Morgan fingerprint density at radius 3 is 2.85 bits per heavy atom. The third kappa shape index (κ3) is 4.07. The number of rotatable bonds is 6. The molecule has 6 heteroatoms. The second-order valence-corrected chi connectivity index (χ2v) is 9.73. The number of aromatic hydroxyl groups is 1. The van der Waals surface area contributed by atoms with Crippen molar-refractivity contribution in [3.63, 3.8) is 0 Å². The molecule has 2 heterocycles. The summed E-state index contributed by atoms with van der Waals surface area (Å²) in [5.41, 5.74) is 0.504. The van der Waals surface area contributed by atoms with E-state index in [-0.39, 0.29) is 11.3 Å². The van der Waals surface area contributed by atoms with Gasteiger partial charge in [0, 0.05) is 6.42 Å². The van der Waals surface area contributed by atoms with Crippen LogP contribution in [0.4, 0.5) is 0 Å². The summed E-state index contributed by atoms with van der Waals surface area (Å²) in [6, 6.07) is 9.24. The summed E-state index contributed by atoms with van der Waals surface area (Å²) in [5, 5.41) is 10.2. The lowest BCUT2D eigenvalue weighted by Crippen LogP contribution is -2.32. The van der Waals surface area contributed by atoms with Gasteiger partial charge in [0.1, 0.15) is 11.3 Å². The molecule has 1 aromatic heterocycles. The molecule has 1 aromatic carbocycles. The van der Waals surface area contributed by atoms with Crippen molar-refractivity contribution in [1.82, 2.24) is 0 Å². The van der Waals surface area contributed by atoms with Gasteiger partial charge < -0.3 is 14.6 Å². The lowest BCUT2D eigenvalue weighted by atomic mass is 9.94. The number of hydrogen-bond acceptors (Lipinski definition) is 5. The van der Waals surface area contributed by atoms with Gasteiger partial charge in [0.15, 0.2) is 5.60 Å². The number of carbonyl (C=O) groups excluding carboxylic acids is 1. The number of halogens is 1. The van der Waals surface area contributed by atoms with Crippen molar-refractivity contribution in [3.05, 3.63) is 49.2 Å². The minimum absolute atomic E-state index is 0.0442. The number of phenolic OH excluding ortho intramolecular Hbond substituents is 1. The van der Waals surface area contributed by atoms with Crippen LogP contribution in [0.3, 0.4) is 0 Å². The van der Waals surface area contributed by atoms with Crippen LogP contribution in [-0.4, -0.2) is 24.3 Å². The van der Waals surface area contributed by atoms with Crippen LogP contribution in [0.5, 0.6) is 5.75 Å². The van der Waals surface area contributed by atoms with Gasteiger partial charge in [-0.2, -0.15) is 0 Å². The molecule has 0 aliphatic carbocycles. The van der Waals surface area contributed by atoms with Crippen LogP contribution in [0.2, 0.25) is 0 Å². The van der Waals surface area contributed by atoms with Gasteiger partial charge in [0.2, 0.25) is 0 Å². The highest BCUT2D eigenvalue weighted by atomic mass is 127. The first-order valence-electron chi connectivity index (χ1n) is 8.85. The molecule has 2 unspecified atom stereocenters. The summed E-state index contributed by atoms with van der Waals surface area (Å²) >= 11 is 3.87. The first-order valence-corrected chi connectivity index (χ1v) is 10.7. The zero-order chi connectivity index (χ0) is 18.7. The maximum atomic E-state index is 12.9. The molecule has 1 aliphatic rings. The number of esters is 1. The smallest absolute Gasteiger partial charge is 0.342 e. The fourth-order valence-corrected chi connectivity index (χ4v) is 5.05. The average molecular weight is 486 g/mol.